The Kier molecular flexibility index (Phi) is 15.0. The number of rotatable bonds is 18. The molecule has 4 rings (SSSR count). The highest BCUT2D eigenvalue weighted by Crippen LogP contribution is 2.39. The fraction of sp³-hybridized carbons (Fsp3) is 0.442. The third-order valence-electron chi connectivity index (χ3n) is 10.00. The molecule has 6 nitrogen and oxygen atoms in total. The maximum Gasteiger partial charge on any atom is 0.335 e. The van der Waals surface area contributed by atoms with E-state index >= 15 is 4.39 Å². The van der Waals surface area contributed by atoms with Gasteiger partial charge in [-0.3, -0.25) is 0 Å². The average molecular weight is 685 g/mol. The van der Waals surface area contributed by atoms with E-state index in [1.54, 1.807) is 6.07 Å². The molecule has 50 heavy (non-hydrogen) atoms. The molecule has 0 saturated heterocycles. The van der Waals surface area contributed by atoms with Gasteiger partial charge in [0.15, 0.2) is 0 Å². The molecule has 3 aromatic rings. The summed E-state index contributed by atoms with van der Waals surface area (Å²) in [5.41, 5.74) is 6.76. The summed E-state index contributed by atoms with van der Waals surface area (Å²) in [6.07, 6.45) is 11.6. The van der Waals surface area contributed by atoms with Gasteiger partial charge in [-0.1, -0.05) is 107 Å². The van der Waals surface area contributed by atoms with E-state index < -0.39 is 36.9 Å². The molecule has 0 spiro atoms. The second-order valence-corrected chi connectivity index (χ2v) is 13.7. The van der Waals surface area contributed by atoms with Gasteiger partial charge in [0, 0.05) is 5.92 Å². The molecule has 0 aromatic heterocycles. The normalized spacial score (nSPS) is 15.9. The van der Waals surface area contributed by atoms with Gasteiger partial charge in [0.05, 0.1) is 37.6 Å². The Labute approximate surface area is 297 Å². The average Bonchev–Trinajstić information content (AvgIpc) is 3.15. The predicted octanol–water partition coefficient (Wildman–Crippen LogP) is 8.92. The standard InChI is InChI=1S/C43H53FO6/c1-5-7-8-9-31-10-12-34(13-11-31)35-14-16-36(17-15-35)40-21-20-37(23-33(40)6-2)38-18-19-39(41(44)24-38)22-32(27-49-42(47)29(3)25-45)28-50-43(48)30(4)26-46/h14-21,23-24,31-32,34,45-46H,3-13,22,25-28H2,1-2H3. The molecule has 1 aliphatic carbocycles. The topological polar surface area (TPSA) is 93.1 Å². The van der Waals surface area contributed by atoms with Gasteiger partial charge < -0.3 is 19.7 Å². The Morgan fingerprint density at radius 2 is 1.36 bits per heavy atom. The van der Waals surface area contributed by atoms with Crippen LogP contribution < -0.4 is 0 Å². The van der Waals surface area contributed by atoms with Crippen molar-refractivity contribution in [3.63, 3.8) is 0 Å². The highest BCUT2D eigenvalue weighted by atomic mass is 19.1. The molecule has 0 amide bonds. The van der Waals surface area contributed by atoms with E-state index in [1.807, 2.05) is 12.1 Å². The van der Waals surface area contributed by atoms with Gasteiger partial charge in [-0.05, 0) is 95.4 Å². The first kappa shape index (κ1) is 38.7. The number of esters is 2. The number of aryl methyl sites for hydroxylation is 1. The van der Waals surface area contributed by atoms with Crippen LogP contribution in [0.2, 0.25) is 0 Å². The molecular weight excluding hydrogens is 631 g/mol. The zero-order valence-electron chi connectivity index (χ0n) is 29.7. The second kappa shape index (κ2) is 19.4. The molecule has 2 N–H and O–H groups in total. The summed E-state index contributed by atoms with van der Waals surface area (Å²) >= 11 is 0. The Bertz CT molecular complexity index is 1570. The minimum Gasteiger partial charge on any atom is -0.462 e. The van der Waals surface area contributed by atoms with Gasteiger partial charge in [0.25, 0.3) is 0 Å². The van der Waals surface area contributed by atoms with Crippen molar-refractivity contribution < 1.29 is 33.7 Å². The van der Waals surface area contributed by atoms with Crippen LogP contribution in [0.25, 0.3) is 22.3 Å². The summed E-state index contributed by atoms with van der Waals surface area (Å²) in [6, 6.07) is 20.4. The molecular formula is C43H53FO6. The molecule has 0 atom stereocenters. The quantitative estimate of drug-likeness (QED) is 0.0790. The van der Waals surface area contributed by atoms with Gasteiger partial charge in [-0.25, -0.2) is 14.0 Å². The van der Waals surface area contributed by atoms with Gasteiger partial charge in [0.1, 0.15) is 5.82 Å². The molecule has 0 heterocycles. The Hall–Kier alpha value is -4.07. The minimum atomic E-state index is -0.791. The largest absolute Gasteiger partial charge is 0.462 e. The van der Waals surface area contributed by atoms with Crippen molar-refractivity contribution in [2.75, 3.05) is 26.4 Å². The Balaban J connectivity index is 1.44. The molecule has 1 aliphatic rings. The number of carbonyl (C=O) groups excluding carboxylic acids is 2. The van der Waals surface area contributed by atoms with Crippen molar-refractivity contribution in [1.29, 1.82) is 0 Å². The van der Waals surface area contributed by atoms with Crippen LogP contribution in [-0.4, -0.2) is 48.6 Å². The first-order chi connectivity index (χ1) is 24.2. The number of hydrogen-bond acceptors (Lipinski definition) is 6. The van der Waals surface area contributed by atoms with Gasteiger partial charge in [-0.2, -0.15) is 0 Å². The lowest BCUT2D eigenvalue weighted by Crippen LogP contribution is -2.24. The highest BCUT2D eigenvalue weighted by Gasteiger charge is 2.23. The maximum atomic E-state index is 15.6. The van der Waals surface area contributed by atoms with Crippen molar-refractivity contribution in [2.24, 2.45) is 11.8 Å². The lowest BCUT2D eigenvalue weighted by atomic mass is 9.77. The van der Waals surface area contributed by atoms with E-state index in [4.69, 9.17) is 19.7 Å². The molecule has 0 aliphatic heterocycles. The lowest BCUT2D eigenvalue weighted by Gasteiger charge is -2.29. The van der Waals surface area contributed by atoms with Crippen LogP contribution in [0.15, 0.2) is 85.0 Å². The third kappa shape index (κ3) is 10.7. The van der Waals surface area contributed by atoms with Crippen LogP contribution in [0.5, 0.6) is 0 Å². The van der Waals surface area contributed by atoms with Gasteiger partial charge >= 0.3 is 11.9 Å². The van der Waals surface area contributed by atoms with Crippen molar-refractivity contribution in [1.82, 2.24) is 0 Å². The van der Waals surface area contributed by atoms with Gasteiger partial charge in [-0.15, -0.1) is 0 Å². The van der Waals surface area contributed by atoms with E-state index in [9.17, 15) is 9.59 Å². The molecule has 1 saturated carbocycles. The zero-order chi connectivity index (χ0) is 36.0. The van der Waals surface area contributed by atoms with Crippen molar-refractivity contribution >= 4 is 11.9 Å². The monoisotopic (exact) mass is 684 g/mol. The summed E-state index contributed by atoms with van der Waals surface area (Å²) < 4.78 is 26.0. The minimum absolute atomic E-state index is 0.111. The number of unbranched alkanes of at least 4 members (excludes halogenated alkanes) is 2. The van der Waals surface area contributed by atoms with E-state index in [2.05, 4.69) is 63.4 Å². The Morgan fingerprint density at radius 1 is 0.780 bits per heavy atom. The third-order valence-corrected chi connectivity index (χ3v) is 10.00. The van der Waals surface area contributed by atoms with Crippen molar-refractivity contribution in [3.8, 4) is 22.3 Å². The van der Waals surface area contributed by atoms with Crippen LogP contribution in [0, 0.1) is 17.7 Å². The lowest BCUT2D eigenvalue weighted by molar-refractivity contribution is -0.144. The number of hydrogen-bond donors (Lipinski definition) is 2. The molecule has 7 heteroatoms. The fourth-order valence-corrected chi connectivity index (χ4v) is 6.84. The Morgan fingerprint density at radius 3 is 1.92 bits per heavy atom. The van der Waals surface area contributed by atoms with Crippen molar-refractivity contribution in [2.45, 2.75) is 84.0 Å². The predicted molar refractivity (Wildman–Crippen MR) is 197 cm³/mol. The van der Waals surface area contributed by atoms with E-state index in [1.165, 1.54) is 79.7 Å². The fourth-order valence-electron chi connectivity index (χ4n) is 6.84. The number of aliphatic hydroxyl groups excluding tert-OH is 2. The van der Waals surface area contributed by atoms with E-state index in [0.29, 0.717) is 11.5 Å². The number of aliphatic hydroxyl groups is 2. The smallest absolute Gasteiger partial charge is 0.335 e. The van der Waals surface area contributed by atoms with Crippen LogP contribution in [0.3, 0.4) is 0 Å². The van der Waals surface area contributed by atoms with Crippen LogP contribution in [0.4, 0.5) is 4.39 Å². The zero-order valence-corrected chi connectivity index (χ0v) is 29.7. The SMILES string of the molecule is C=C(CO)C(=O)OCC(COC(=O)C(=C)CO)Cc1ccc(-c2ccc(-c3ccc(C4CCC(CCCCC)CC4)cc3)c(CC)c2)cc1F. The first-order valence-corrected chi connectivity index (χ1v) is 18.1. The van der Waals surface area contributed by atoms with Crippen LogP contribution in [-0.2, 0) is 31.9 Å². The van der Waals surface area contributed by atoms with Gasteiger partial charge in [0.2, 0.25) is 0 Å². The van der Waals surface area contributed by atoms with Crippen LogP contribution >= 0.6 is 0 Å². The molecule has 1 fully saturated rings. The number of benzene rings is 3. The molecule has 0 bridgehead atoms. The van der Waals surface area contributed by atoms with E-state index in [-0.39, 0.29) is 30.8 Å². The summed E-state index contributed by atoms with van der Waals surface area (Å²) in [6.45, 7) is 9.81. The molecule has 3 aromatic carbocycles. The molecule has 0 unspecified atom stereocenters. The summed E-state index contributed by atoms with van der Waals surface area (Å²) in [5.74, 6) is -1.06. The summed E-state index contributed by atoms with van der Waals surface area (Å²) in [7, 11) is 0. The molecule has 268 valence electrons. The second-order valence-electron chi connectivity index (χ2n) is 13.7. The van der Waals surface area contributed by atoms with Crippen LogP contribution in [0.1, 0.15) is 87.8 Å². The van der Waals surface area contributed by atoms with E-state index in [0.717, 1.165) is 23.5 Å². The summed E-state index contributed by atoms with van der Waals surface area (Å²) in [4.78, 5) is 24.1. The molecule has 0 radical (unpaired) electrons. The maximum absolute atomic E-state index is 15.6. The first-order valence-electron chi connectivity index (χ1n) is 18.1. The number of halogens is 1. The number of carbonyl (C=O) groups is 2. The highest BCUT2D eigenvalue weighted by molar-refractivity contribution is 5.88. The number of ether oxygens (including phenoxy) is 2. The van der Waals surface area contributed by atoms with Crippen molar-refractivity contribution in [3.05, 3.63) is 107 Å². The summed E-state index contributed by atoms with van der Waals surface area (Å²) in [5, 5.41) is 18.3.